The van der Waals surface area contributed by atoms with Gasteiger partial charge < -0.3 is 5.32 Å². The molecule has 0 aromatic heterocycles. The van der Waals surface area contributed by atoms with Crippen LogP contribution in [0.4, 0.5) is 0 Å². The molecule has 1 amide bonds. The van der Waals surface area contributed by atoms with Gasteiger partial charge in [0, 0.05) is 24.7 Å². The van der Waals surface area contributed by atoms with Crippen molar-refractivity contribution >= 4 is 5.91 Å². The van der Waals surface area contributed by atoms with Crippen LogP contribution in [0.1, 0.15) is 33.6 Å². The van der Waals surface area contributed by atoms with Gasteiger partial charge in [-0.1, -0.05) is 0 Å². The van der Waals surface area contributed by atoms with E-state index in [9.17, 15) is 4.79 Å². The number of nitriles is 1. The molecular formula is C11H19N3O. The summed E-state index contributed by atoms with van der Waals surface area (Å²) >= 11 is 0. The number of nitrogens with zero attached hydrogens (tertiary/aromatic N) is 2. The summed E-state index contributed by atoms with van der Waals surface area (Å²) in [5, 5.41) is 11.2. The van der Waals surface area contributed by atoms with Crippen LogP contribution in [0.3, 0.4) is 0 Å². The summed E-state index contributed by atoms with van der Waals surface area (Å²) < 4.78 is 0. The van der Waals surface area contributed by atoms with Gasteiger partial charge in [-0.2, -0.15) is 5.26 Å². The summed E-state index contributed by atoms with van der Waals surface area (Å²) in [6.07, 6.45) is 0.945. The Labute approximate surface area is 91.2 Å². The maximum absolute atomic E-state index is 11.2. The van der Waals surface area contributed by atoms with Crippen molar-refractivity contribution in [1.82, 2.24) is 10.2 Å². The third-order valence-corrected chi connectivity index (χ3v) is 2.74. The molecule has 1 aliphatic heterocycles. The molecule has 0 unspecified atom stereocenters. The maximum Gasteiger partial charge on any atom is 0.234 e. The summed E-state index contributed by atoms with van der Waals surface area (Å²) in [7, 11) is 0. The van der Waals surface area contributed by atoms with Gasteiger partial charge in [0.2, 0.25) is 5.91 Å². The Morgan fingerprint density at radius 1 is 1.60 bits per heavy atom. The fraction of sp³-hybridized carbons (Fsp3) is 0.818. The van der Waals surface area contributed by atoms with Crippen molar-refractivity contribution in [2.24, 2.45) is 0 Å². The van der Waals surface area contributed by atoms with Crippen LogP contribution in [0, 0.1) is 11.3 Å². The van der Waals surface area contributed by atoms with Crippen LogP contribution in [-0.2, 0) is 4.79 Å². The van der Waals surface area contributed by atoms with Crippen LogP contribution >= 0.6 is 0 Å². The molecule has 0 saturated carbocycles. The highest BCUT2D eigenvalue weighted by Crippen LogP contribution is 2.20. The molecule has 1 atom stereocenters. The molecule has 84 valence electrons. The molecule has 15 heavy (non-hydrogen) atoms. The molecule has 0 aromatic rings. The third-order valence-electron chi connectivity index (χ3n) is 2.74. The van der Waals surface area contributed by atoms with Crippen LogP contribution in [0.25, 0.3) is 0 Å². The van der Waals surface area contributed by atoms with E-state index in [2.05, 4.69) is 31.0 Å². The summed E-state index contributed by atoms with van der Waals surface area (Å²) in [6.45, 7) is 8.42. The number of likely N-dealkylation sites (tertiary alicyclic amines) is 1. The lowest BCUT2D eigenvalue weighted by molar-refractivity contribution is -0.120. The number of carbonyl (C=O) groups excluding carboxylic acids is 1. The first kappa shape index (κ1) is 12.0. The van der Waals surface area contributed by atoms with E-state index in [0.717, 1.165) is 19.5 Å². The Balaban J connectivity index is 2.38. The number of hydrogen-bond donors (Lipinski definition) is 1. The molecule has 1 saturated heterocycles. The minimum absolute atomic E-state index is 0.0357. The van der Waals surface area contributed by atoms with E-state index in [4.69, 9.17) is 5.26 Å². The molecule has 1 N–H and O–H groups in total. The quantitative estimate of drug-likeness (QED) is 0.734. The van der Waals surface area contributed by atoms with Gasteiger partial charge in [0.1, 0.15) is 6.42 Å². The van der Waals surface area contributed by atoms with Gasteiger partial charge in [-0.05, 0) is 27.2 Å². The fourth-order valence-corrected chi connectivity index (χ4v) is 1.84. The number of hydrogen-bond acceptors (Lipinski definition) is 3. The van der Waals surface area contributed by atoms with Crippen LogP contribution in [0.5, 0.6) is 0 Å². The minimum Gasteiger partial charge on any atom is -0.351 e. The van der Waals surface area contributed by atoms with Crippen molar-refractivity contribution in [1.29, 1.82) is 5.26 Å². The zero-order valence-electron chi connectivity index (χ0n) is 9.71. The average Bonchev–Trinajstić information content (AvgIpc) is 2.52. The lowest BCUT2D eigenvalue weighted by atomic mass is 10.1. The van der Waals surface area contributed by atoms with E-state index in [-0.39, 0.29) is 23.9 Å². The molecule has 0 aliphatic carbocycles. The Morgan fingerprint density at radius 2 is 2.27 bits per heavy atom. The third kappa shape index (κ3) is 3.52. The predicted octanol–water partition coefficient (Wildman–Crippen LogP) is 0.889. The first-order valence-corrected chi connectivity index (χ1v) is 5.35. The number of rotatable bonds is 2. The van der Waals surface area contributed by atoms with Crippen molar-refractivity contribution in [2.75, 3.05) is 13.1 Å². The average molecular weight is 209 g/mol. The van der Waals surface area contributed by atoms with Crippen LogP contribution < -0.4 is 5.32 Å². The van der Waals surface area contributed by atoms with E-state index in [0.29, 0.717) is 0 Å². The molecule has 1 heterocycles. The molecular weight excluding hydrogens is 190 g/mol. The highest BCUT2D eigenvalue weighted by Gasteiger charge is 2.30. The van der Waals surface area contributed by atoms with Crippen LogP contribution in [0.2, 0.25) is 0 Å². The molecule has 1 fully saturated rings. The van der Waals surface area contributed by atoms with Gasteiger partial charge in [0.15, 0.2) is 0 Å². The van der Waals surface area contributed by atoms with E-state index >= 15 is 0 Å². The number of nitrogens with one attached hydrogen (secondary N) is 1. The van der Waals surface area contributed by atoms with Crippen molar-refractivity contribution in [2.45, 2.75) is 45.2 Å². The van der Waals surface area contributed by atoms with Gasteiger partial charge in [-0.25, -0.2) is 0 Å². The number of carbonyl (C=O) groups is 1. The standard InChI is InChI=1S/C11H19N3O/c1-11(2,3)14-7-5-9(8-14)13-10(15)4-6-12/h9H,4-5,7-8H2,1-3H3,(H,13,15)/t9-/m1/s1. The monoisotopic (exact) mass is 209 g/mol. The van der Waals surface area contributed by atoms with Gasteiger partial charge >= 0.3 is 0 Å². The highest BCUT2D eigenvalue weighted by atomic mass is 16.1. The van der Waals surface area contributed by atoms with E-state index in [1.165, 1.54) is 0 Å². The largest absolute Gasteiger partial charge is 0.351 e. The minimum atomic E-state index is -0.154. The Bertz CT molecular complexity index is 275. The van der Waals surface area contributed by atoms with Gasteiger partial charge in [0.05, 0.1) is 6.07 Å². The zero-order chi connectivity index (χ0) is 11.5. The second-order valence-corrected chi connectivity index (χ2v) is 5.00. The Morgan fingerprint density at radius 3 is 2.73 bits per heavy atom. The Hall–Kier alpha value is -1.08. The molecule has 0 aromatic carbocycles. The zero-order valence-corrected chi connectivity index (χ0v) is 9.71. The molecule has 4 nitrogen and oxygen atoms in total. The molecule has 1 rings (SSSR count). The maximum atomic E-state index is 11.2. The fourth-order valence-electron chi connectivity index (χ4n) is 1.84. The molecule has 0 radical (unpaired) electrons. The Kier molecular flexibility index (Phi) is 3.70. The lowest BCUT2D eigenvalue weighted by Crippen LogP contribution is -2.43. The van der Waals surface area contributed by atoms with Crippen molar-refractivity contribution in [3.63, 3.8) is 0 Å². The lowest BCUT2D eigenvalue weighted by Gasteiger charge is -2.31. The number of amides is 1. The smallest absolute Gasteiger partial charge is 0.234 e. The first-order chi connectivity index (χ1) is 6.93. The van der Waals surface area contributed by atoms with Crippen molar-refractivity contribution in [3.8, 4) is 6.07 Å². The predicted molar refractivity (Wildman–Crippen MR) is 58.1 cm³/mol. The van der Waals surface area contributed by atoms with Crippen molar-refractivity contribution in [3.05, 3.63) is 0 Å². The van der Waals surface area contributed by atoms with Crippen molar-refractivity contribution < 1.29 is 4.79 Å². The van der Waals surface area contributed by atoms with Gasteiger partial charge in [-0.3, -0.25) is 9.69 Å². The molecule has 1 aliphatic rings. The SMILES string of the molecule is CC(C)(C)N1CC[C@@H](NC(=O)CC#N)C1. The summed E-state index contributed by atoms with van der Waals surface area (Å²) in [6, 6.07) is 2.07. The van der Waals surface area contributed by atoms with E-state index in [1.54, 1.807) is 0 Å². The molecule has 4 heteroatoms. The molecule has 0 spiro atoms. The second kappa shape index (κ2) is 4.63. The van der Waals surface area contributed by atoms with E-state index < -0.39 is 0 Å². The van der Waals surface area contributed by atoms with Crippen LogP contribution in [-0.4, -0.2) is 35.5 Å². The summed E-state index contributed by atoms with van der Waals surface area (Å²) in [4.78, 5) is 13.6. The first-order valence-electron chi connectivity index (χ1n) is 5.35. The summed E-state index contributed by atoms with van der Waals surface area (Å²) in [5.41, 5.74) is 0.161. The molecule has 0 bridgehead atoms. The van der Waals surface area contributed by atoms with E-state index in [1.807, 2.05) is 6.07 Å². The highest BCUT2D eigenvalue weighted by molar-refractivity contribution is 5.78. The van der Waals surface area contributed by atoms with Crippen LogP contribution in [0.15, 0.2) is 0 Å². The normalized spacial score (nSPS) is 22.4. The second-order valence-electron chi connectivity index (χ2n) is 5.00. The topological polar surface area (TPSA) is 56.1 Å². The summed E-state index contributed by atoms with van der Waals surface area (Å²) in [5.74, 6) is -0.154. The van der Waals surface area contributed by atoms with Gasteiger partial charge in [0.25, 0.3) is 0 Å². The van der Waals surface area contributed by atoms with Gasteiger partial charge in [-0.15, -0.1) is 0 Å².